The number of ketones is 1. The third kappa shape index (κ3) is 4.33. The van der Waals surface area contributed by atoms with Crippen LogP contribution in [0.5, 0.6) is 0 Å². The number of hydrogen-bond donors (Lipinski definition) is 0. The normalized spacial score (nSPS) is 28.4. The van der Waals surface area contributed by atoms with Gasteiger partial charge in [0.05, 0.1) is 13.0 Å². The molecule has 4 rings (SSSR count). The fourth-order valence-electron chi connectivity index (χ4n) is 6.16. The molecule has 1 aromatic rings. The Bertz CT molecular complexity index is 1130. The summed E-state index contributed by atoms with van der Waals surface area (Å²) in [6, 6.07) is 9.54. The molecule has 206 valence electrons. The van der Waals surface area contributed by atoms with Crippen LogP contribution in [0.1, 0.15) is 67.4 Å². The highest BCUT2D eigenvalue weighted by Gasteiger charge is 2.71. The van der Waals surface area contributed by atoms with Crippen molar-refractivity contribution in [3.8, 4) is 0 Å². The van der Waals surface area contributed by atoms with Gasteiger partial charge in [0.15, 0.2) is 11.5 Å². The van der Waals surface area contributed by atoms with Crippen molar-refractivity contribution in [2.75, 3.05) is 0 Å². The molecular formula is C28H40N2O6Si2. The molecular weight excluding hydrogens is 516 g/mol. The van der Waals surface area contributed by atoms with E-state index in [9.17, 15) is 9.59 Å². The fraction of sp³-hybridized carbons (Fsp3) is 0.607. The number of rotatable bonds is 7. The maximum absolute atomic E-state index is 13.6. The third-order valence-corrected chi connectivity index (χ3v) is 18.5. The fourth-order valence-corrected chi connectivity index (χ4v) is 17.4. The van der Waals surface area contributed by atoms with E-state index in [0.717, 1.165) is 5.56 Å². The van der Waals surface area contributed by atoms with Crippen molar-refractivity contribution in [3.63, 3.8) is 0 Å². The Kier molecular flexibility index (Phi) is 7.93. The zero-order valence-corrected chi connectivity index (χ0v) is 25.7. The number of hydroxylamine groups is 2. The summed E-state index contributed by atoms with van der Waals surface area (Å²) >= 11 is 0. The predicted octanol–water partition coefficient (Wildman–Crippen LogP) is 5.80. The lowest BCUT2D eigenvalue weighted by Gasteiger charge is -2.57. The number of carbonyl (C=O) groups is 2. The maximum Gasteiger partial charge on any atom is 0.335 e. The SMILES string of the molecule is [C-]#[N+]C1=CC(=O)C2O[Si](C(C)C)(C(C)C)O[Si](C(C)C)(C(C)C)OC2C12CC(=O)N2OCc1ccccc1. The van der Waals surface area contributed by atoms with Crippen LogP contribution < -0.4 is 0 Å². The molecule has 1 amide bonds. The minimum Gasteiger partial charge on any atom is -0.414 e. The van der Waals surface area contributed by atoms with Gasteiger partial charge in [-0.3, -0.25) is 14.4 Å². The molecule has 1 spiro atoms. The van der Waals surface area contributed by atoms with Crippen molar-refractivity contribution in [1.82, 2.24) is 5.06 Å². The van der Waals surface area contributed by atoms with Gasteiger partial charge in [0.2, 0.25) is 5.91 Å². The minimum atomic E-state index is -3.08. The standard InChI is InChI=1S/C28H40N2O6Si2/c1-18(2)37(19(3)4)34-26-23(31)15-24(29-9)28(27(26)35-38(36-37,20(5)6)21(7)8)16-25(32)30(28)33-17-22-13-11-10-12-14-22/h10-15,18-21,26-27H,16-17H2,1-8H3. The zero-order chi connectivity index (χ0) is 28.0. The summed E-state index contributed by atoms with van der Waals surface area (Å²) in [4.78, 5) is 36.6. The van der Waals surface area contributed by atoms with E-state index in [-0.39, 0.29) is 52.6 Å². The van der Waals surface area contributed by atoms with Crippen LogP contribution >= 0.6 is 0 Å². The largest absolute Gasteiger partial charge is 0.414 e. The second-order valence-corrected chi connectivity index (χ2v) is 20.6. The van der Waals surface area contributed by atoms with Gasteiger partial charge in [0.25, 0.3) is 0 Å². The molecule has 0 N–H and O–H groups in total. The molecule has 38 heavy (non-hydrogen) atoms. The number of benzene rings is 1. The Morgan fingerprint density at radius 3 is 2.03 bits per heavy atom. The second-order valence-electron chi connectivity index (χ2n) is 11.8. The first-order chi connectivity index (χ1) is 17.9. The predicted molar refractivity (Wildman–Crippen MR) is 148 cm³/mol. The molecule has 10 heteroatoms. The van der Waals surface area contributed by atoms with Crippen LogP contribution in [0.3, 0.4) is 0 Å². The number of fused-ring (bicyclic) bond motifs is 2. The molecule has 1 aliphatic carbocycles. The van der Waals surface area contributed by atoms with Crippen molar-refractivity contribution >= 4 is 28.8 Å². The monoisotopic (exact) mass is 556 g/mol. The van der Waals surface area contributed by atoms with Crippen LogP contribution in [0.25, 0.3) is 4.85 Å². The van der Waals surface area contributed by atoms with Crippen LogP contribution in [-0.2, 0) is 34.0 Å². The Labute approximate surface area is 228 Å². The molecule has 1 aromatic carbocycles. The molecule has 3 aliphatic rings. The topological polar surface area (TPSA) is 78.7 Å². The minimum absolute atomic E-state index is 0.00634. The van der Waals surface area contributed by atoms with Crippen molar-refractivity contribution in [2.24, 2.45) is 0 Å². The highest BCUT2D eigenvalue weighted by atomic mass is 28.5. The van der Waals surface area contributed by atoms with Gasteiger partial charge < -0.3 is 13.0 Å². The van der Waals surface area contributed by atoms with E-state index in [1.165, 1.54) is 11.1 Å². The van der Waals surface area contributed by atoms with Gasteiger partial charge in [0, 0.05) is 0 Å². The van der Waals surface area contributed by atoms with Crippen LogP contribution in [0.15, 0.2) is 42.1 Å². The van der Waals surface area contributed by atoms with Gasteiger partial charge in [-0.1, -0.05) is 85.7 Å². The van der Waals surface area contributed by atoms with Crippen molar-refractivity contribution in [2.45, 2.75) is 108 Å². The Hall–Kier alpha value is -2.14. The Morgan fingerprint density at radius 1 is 0.974 bits per heavy atom. The Balaban J connectivity index is 1.88. The summed E-state index contributed by atoms with van der Waals surface area (Å²) in [7, 11) is -6.11. The summed E-state index contributed by atoms with van der Waals surface area (Å²) in [6.45, 7) is 24.9. The van der Waals surface area contributed by atoms with Gasteiger partial charge in [0.1, 0.15) is 24.4 Å². The number of nitrogens with zero attached hydrogens (tertiary/aromatic N) is 2. The molecule has 8 nitrogen and oxygen atoms in total. The highest BCUT2D eigenvalue weighted by molar-refractivity contribution is 6.84. The highest BCUT2D eigenvalue weighted by Crippen LogP contribution is 2.54. The van der Waals surface area contributed by atoms with Gasteiger partial charge in [-0.15, -0.1) is 0 Å². The van der Waals surface area contributed by atoms with Gasteiger partial charge in [-0.05, 0) is 33.8 Å². The Morgan fingerprint density at radius 2 is 1.53 bits per heavy atom. The molecule has 0 saturated carbocycles. The van der Waals surface area contributed by atoms with E-state index >= 15 is 0 Å². The van der Waals surface area contributed by atoms with Gasteiger partial charge in [-0.25, -0.2) is 9.91 Å². The number of β-lactam (4-membered cyclic amide) rings is 1. The van der Waals surface area contributed by atoms with E-state index in [2.05, 4.69) is 60.2 Å². The average Bonchev–Trinajstić information content (AvgIpc) is 3.04. The van der Waals surface area contributed by atoms with E-state index < -0.39 is 34.9 Å². The van der Waals surface area contributed by atoms with Crippen LogP contribution in [0.4, 0.5) is 0 Å². The van der Waals surface area contributed by atoms with Crippen molar-refractivity contribution < 1.29 is 27.4 Å². The van der Waals surface area contributed by atoms with Gasteiger partial charge in [-0.2, -0.15) is 0 Å². The summed E-state index contributed by atoms with van der Waals surface area (Å²) in [5.74, 6) is -0.567. The molecule has 2 heterocycles. The maximum atomic E-state index is 13.6. The first kappa shape index (κ1) is 28.9. The quantitative estimate of drug-likeness (QED) is 0.240. The average molecular weight is 557 g/mol. The van der Waals surface area contributed by atoms with Crippen LogP contribution in [0, 0.1) is 6.57 Å². The summed E-state index contributed by atoms with van der Waals surface area (Å²) in [6.07, 6.45) is -0.547. The lowest BCUT2D eigenvalue weighted by Crippen LogP contribution is -2.75. The van der Waals surface area contributed by atoms with Crippen molar-refractivity contribution in [1.29, 1.82) is 0 Å². The second kappa shape index (κ2) is 10.4. The molecule has 0 radical (unpaired) electrons. The number of carbonyl (C=O) groups excluding carboxylic acids is 2. The summed E-state index contributed by atoms with van der Waals surface area (Å²) < 4.78 is 21.3. The lowest BCUT2D eigenvalue weighted by molar-refractivity contribution is -0.274. The van der Waals surface area contributed by atoms with Crippen LogP contribution in [0.2, 0.25) is 22.2 Å². The van der Waals surface area contributed by atoms with E-state index in [1.807, 2.05) is 30.3 Å². The summed E-state index contributed by atoms with van der Waals surface area (Å²) in [5.41, 5.74) is -0.0272. The molecule has 0 aromatic heterocycles. The molecule has 2 fully saturated rings. The van der Waals surface area contributed by atoms with Crippen molar-refractivity contribution in [3.05, 3.63) is 59.1 Å². The molecule has 3 unspecified atom stereocenters. The number of amides is 1. The van der Waals surface area contributed by atoms with Gasteiger partial charge >= 0.3 is 17.1 Å². The summed E-state index contributed by atoms with van der Waals surface area (Å²) in [5, 5.41) is 1.27. The van der Waals surface area contributed by atoms with Crippen LogP contribution in [-0.4, -0.2) is 51.6 Å². The zero-order valence-electron chi connectivity index (χ0n) is 23.7. The lowest BCUT2D eigenvalue weighted by atomic mass is 9.72. The molecule has 2 aliphatic heterocycles. The molecule has 2 saturated heterocycles. The first-order valence-electron chi connectivity index (χ1n) is 13.5. The third-order valence-electron chi connectivity index (χ3n) is 8.24. The number of hydrogen-bond acceptors (Lipinski definition) is 6. The van der Waals surface area contributed by atoms with E-state index in [4.69, 9.17) is 24.4 Å². The first-order valence-corrected chi connectivity index (χ1v) is 17.5. The van der Waals surface area contributed by atoms with E-state index in [1.54, 1.807) is 0 Å². The van der Waals surface area contributed by atoms with E-state index in [0.29, 0.717) is 0 Å². The smallest absolute Gasteiger partial charge is 0.335 e. The molecule has 3 atom stereocenters. The molecule has 0 bridgehead atoms.